The van der Waals surface area contributed by atoms with Gasteiger partial charge in [-0.3, -0.25) is 0 Å². The molecule has 0 spiro atoms. The van der Waals surface area contributed by atoms with Crippen molar-refractivity contribution in [2.45, 2.75) is 18.9 Å². The molecule has 1 heterocycles. The first kappa shape index (κ1) is 10.6. The maximum absolute atomic E-state index is 13.1. The first-order chi connectivity index (χ1) is 7.20. The molecule has 0 saturated carbocycles. The van der Waals surface area contributed by atoms with Gasteiger partial charge in [0.25, 0.3) is 0 Å². The van der Waals surface area contributed by atoms with E-state index in [-0.39, 0.29) is 5.82 Å². The van der Waals surface area contributed by atoms with Crippen LogP contribution in [0.4, 0.5) is 4.39 Å². The Labute approximate surface area is 89.9 Å². The summed E-state index contributed by atoms with van der Waals surface area (Å²) >= 11 is 0. The highest BCUT2D eigenvalue weighted by atomic mass is 19.1. The Bertz CT molecular complexity index is 351. The zero-order valence-corrected chi connectivity index (χ0v) is 9.04. The van der Waals surface area contributed by atoms with Gasteiger partial charge in [0.15, 0.2) is 0 Å². The lowest BCUT2D eigenvalue weighted by Crippen LogP contribution is -2.39. The van der Waals surface area contributed by atoms with Crippen LogP contribution in [0.25, 0.3) is 0 Å². The fourth-order valence-corrected chi connectivity index (χ4v) is 2.18. The predicted octanol–water partition coefficient (Wildman–Crippen LogP) is 1.18. The number of likely N-dealkylation sites (N-methyl/N-ethyl adjacent to an activating group) is 1. The standard InChI is InChI=1S/C12H17FN2/c1-15-5-4-9-2-3-11(13)6-10(9)7-12(15)8-14/h2-3,6,12H,4-5,7-8,14H2,1H3. The SMILES string of the molecule is CN1CCc2ccc(F)cc2CC1CN. The Kier molecular flexibility index (Phi) is 3.03. The molecule has 1 aromatic rings. The molecule has 3 heteroatoms. The van der Waals surface area contributed by atoms with Gasteiger partial charge in [-0.1, -0.05) is 6.07 Å². The van der Waals surface area contributed by atoms with Crippen LogP contribution in [-0.2, 0) is 12.8 Å². The van der Waals surface area contributed by atoms with Crippen molar-refractivity contribution >= 4 is 0 Å². The summed E-state index contributed by atoms with van der Waals surface area (Å²) in [6.45, 7) is 1.63. The van der Waals surface area contributed by atoms with Crippen LogP contribution >= 0.6 is 0 Å². The molecule has 0 bridgehead atoms. The summed E-state index contributed by atoms with van der Waals surface area (Å²) in [5, 5.41) is 0. The molecule has 1 atom stereocenters. The quantitative estimate of drug-likeness (QED) is 0.751. The van der Waals surface area contributed by atoms with Crippen LogP contribution in [-0.4, -0.2) is 31.1 Å². The zero-order valence-electron chi connectivity index (χ0n) is 9.04. The molecule has 0 saturated heterocycles. The first-order valence-electron chi connectivity index (χ1n) is 5.38. The molecule has 0 aliphatic carbocycles. The molecule has 0 fully saturated rings. The molecule has 82 valence electrons. The number of benzene rings is 1. The summed E-state index contributed by atoms with van der Waals surface area (Å²) in [7, 11) is 2.08. The van der Waals surface area contributed by atoms with Crippen molar-refractivity contribution < 1.29 is 4.39 Å². The summed E-state index contributed by atoms with van der Waals surface area (Å²) in [6, 6.07) is 5.43. The normalized spacial score (nSPS) is 22.2. The molecule has 2 rings (SSSR count). The van der Waals surface area contributed by atoms with Crippen molar-refractivity contribution in [3.8, 4) is 0 Å². The largest absolute Gasteiger partial charge is 0.329 e. The third-order valence-electron chi connectivity index (χ3n) is 3.25. The van der Waals surface area contributed by atoms with Crippen molar-refractivity contribution in [1.82, 2.24) is 4.90 Å². The van der Waals surface area contributed by atoms with Crippen molar-refractivity contribution in [1.29, 1.82) is 0 Å². The maximum Gasteiger partial charge on any atom is 0.123 e. The minimum absolute atomic E-state index is 0.144. The highest BCUT2D eigenvalue weighted by molar-refractivity contribution is 5.30. The Hall–Kier alpha value is -0.930. The minimum atomic E-state index is -0.144. The van der Waals surface area contributed by atoms with Gasteiger partial charge in [0.05, 0.1) is 0 Å². The molecular formula is C12H17FN2. The van der Waals surface area contributed by atoms with Gasteiger partial charge in [-0.25, -0.2) is 4.39 Å². The van der Waals surface area contributed by atoms with Gasteiger partial charge in [0.1, 0.15) is 5.82 Å². The summed E-state index contributed by atoms with van der Waals surface area (Å²) in [4.78, 5) is 2.26. The lowest BCUT2D eigenvalue weighted by atomic mass is 10.0. The number of nitrogens with zero attached hydrogens (tertiary/aromatic N) is 1. The smallest absolute Gasteiger partial charge is 0.123 e. The van der Waals surface area contributed by atoms with Crippen molar-refractivity contribution in [3.63, 3.8) is 0 Å². The highest BCUT2D eigenvalue weighted by Crippen LogP contribution is 2.19. The van der Waals surface area contributed by atoms with Gasteiger partial charge in [-0.2, -0.15) is 0 Å². The molecular weight excluding hydrogens is 191 g/mol. The monoisotopic (exact) mass is 208 g/mol. The van der Waals surface area contributed by atoms with Crippen LogP contribution in [0.3, 0.4) is 0 Å². The summed E-state index contributed by atoms with van der Waals surface area (Å²) < 4.78 is 13.1. The van der Waals surface area contributed by atoms with Crippen LogP contribution in [0.2, 0.25) is 0 Å². The molecule has 2 N–H and O–H groups in total. The minimum Gasteiger partial charge on any atom is -0.329 e. The number of nitrogens with two attached hydrogens (primary N) is 1. The Morgan fingerprint density at radius 2 is 2.27 bits per heavy atom. The maximum atomic E-state index is 13.1. The lowest BCUT2D eigenvalue weighted by Gasteiger charge is -2.23. The second-order valence-corrected chi connectivity index (χ2v) is 4.24. The van der Waals surface area contributed by atoms with Crippen molar-refractivity contribution in [2.75, 3.05) is 20.1 Å². The van der Waals surface area contributed by atoms with Crippen LogP contribution in [0, 0.1) is 5.82 Å². The zero-order chi connectivity index (χ0) is 10.8. The predicted molar refractivity (Wildman–Crippen MR) is 59.3 cm³/mol. The summed E-state index contributed by atoms with van der Waals surface area (Å²) in [6.07, 6.45) is 1.85. The topological polar surface area (TPSA) is 29.3 Å². The molecule has 15 heavy (non-hydrogen) atoms. The van der Waals surface area contributed by atoms with E-state index in [0.717, 1.165) is 24.9 Å². The third kappa shape index (κ3) is 2.19. The molecule has 0 aromatic heterocycles. The van der Waals surface area contributed by atoms with E-state index in [2.05, 4.69) is 11.9 Å². The number of hydrogen-bond acceptors (Lipinski definition) is 2. The average molecular weight is 208 g/mol. The Balaban J connectivity index is 2.30. The Morgan fingerprint density at radius 1 is 1.47 bits per heavy atom. The van der Waals surface area contributed by atoms with E-state index in [9.17, 15) is 4.39 Å². The van der Waals surface area contributed by atoms with E-state index < -0.39 is 0 Å². The average Bonchev–Trinajstić information content (AvgIpc) is 2.38. The van der Waals surface area contributed by atoms with E-state index in [4.69, 9.17) is 5.73 Å². The van der Waals surface area contributed by atoms with Gasteiger partial charge in [0.2, 0.25) is 0 Å². The van der Waals surface area contributed by atoms with E-state index in [1.165, 1.54) is 5.56 Å². The lowest BCUT2D eigenvalue weighted by molar-refractivity contribution is 0.256. The van der Waals surface area contributed by atoms with Gasteiger partial charge >= 0.3 is 0 Å². The van der Waals surface area contributed by atoms with Gasteiger partial charge < -0.3 is 10.6 Å². The summed E-state index contributed by atoms with van der Waals surface area (Å²) in [5.41, 5.74) is 8.11. The number of fused-ring (bicyclic) bond motifs is 1. The van der Waals surface area contributed by atoms with E-state index in [1.54, 1.807) is 12.1 Å². The third-order valence-corrected chi connectivity index (χ3v) is 3.25. The van der Waals surface area contributed by atoms with Crippen LogP contribution < -0.4 is 5.73 Å². The number of rotatable bonds is 1. The van der Waals surface area contributed by atoms with Crippen LogP contribution in [0.1, 0.15) is 11.1 Å². The first-order valence-corrected chi connectivity index (χ1v) is 5.38. The van der Waals surface area contributed by atoms with Gasteiger partial charge in [0, 0.05) is 19.1 Å². The van der Waals surface area contributed by atoms with Crippen LogP contribution in [0.5, 0.6) is 0 Å². The van der Waals surface area contributed by atoms with Crippen LogP contribution in [0.15, 0.2) is 18.2 Å². The molecule has 0 amide bonds. The second kappa shape index (κ2) is 4.29. The summed E-state index contributed by atoms with van der Waals surface area (Å²) in [5.74, 6) is -0.144. The van der Waals surface area contributed by atoms with Crippen molar-refractivity contribution in [2.24, 2.45) is 5.73 Å². The van der Waals surface area contributed by atoms with E-state index in [1.807, 2.05) is 6.07 Å². The molecule has 1 aliphatic rings. The van der Waals surface area contributed by atoms with Gasteiger partial charge in [-0.15, -0.1) is 0 Å². The Morgan fingerprint density at radius 3 is 3.00 bits per heavy atom. The van der Waals surface area contributed by atoms with E-state index in [0.29, 0.717) is 12.6 Å². The fourth-order valence-electron chi connectivity index (χ4n) is 2.18. The molecule has 1 unspecified atom stereocenters. The number of hydrogen-bond donors (Lipinski definition) is 1. The number of halogens is 1. The molecule has 2 nitrogen and oxygen atoms in total. The second-order valence-electron chi connectivity index (χ2n) is 4.24. The molecule has 1 aromatic carbocycles. The van der Waals surface area contributed by atoms with Crippen molar-refractivity contribution in [3.05, 3.63) is 35.1 Å². The molecule has 0 radical (unpaired) electrons. The highest BCUT2D eigenvalue weighted by Gasteiger charge is 2.19. The molecule has 1 aliphatic heterocycles. The van der Waals surface area contributed by atoms with E-state index >= 15 is 0 Å². The fraction of sp³-hybridized carbons (Fsp3) is 0.500. The van der Waals surface area contributed by atoms with Gasteiger partial charge in [-0.05, 0) is 43.1 Å².